The van der Waals surface area contributed by atoms with Crippen LogP contribution in [0.5, 0.6) is 11.5 Å². The van der Waals surface area contributed by atoms with Crippen LogP contribution < -0.4 is 20.1 Å². The summed E-state index contributed by atoms with van der Waals surface area (Å²) >= 11 is 5.70. The summed E-state index contributed by atoms with van der Waals surface area (Å²) in [5.41, 5.74) is 3.62. The topological polar surface area (TPSA) is 89.2 Å². The minimum atomic E-state index is 0.464. The molecule has 214 valence electrons. The minimum absolute atomic E-state index is 0.464. The molecule has 0 saturated carbocycles. The van der Waals surface area contributed by atoms with E-state index in [2.05, 4.69) is 31.4 Å². The van der Waals surface area contributed by atoms with Crippen LogP contribution >= 0.6 is 12.2 Å². The van der Waals surface area contributed by atoms with Crippen LogP contribution in [0.15, 0.2) is 47.1 Å². The lowest BCUT2D eigenvalue weighted by Gasteiger charge is -2.37. The van der Waals surface area contributed by atoms with Gasteiger partial charge in [0.25, 0.3) is 0 Å². The molecule has 0 atom stereocenters. The number of benzene rings is 2. The van der Waals surface area contributed by atoms with Crippen molar-refractivity contribution >= 4 is 39.8 Å². The number of thiocarbonyl (C=S) groups is 1. The number of rotatable bonds is 9. The van der Waals surface area contributed by atoms with Crippen molar-refractivity contribution < 1.29 is 13.9 Å². The first-order valence-electron chi connectivity index (χ1n) is 14.1. The first-order chi connectivity index (χ1) is 19.6. The second kappa shape index (κ2) is 13.2. The number of fused-ring (bicyclic) bond motifs is 1. The Morgan fingerprint density at radius 3 is 2.50 bits per heavy atom. The highest BCUT2D eigenvalue weighted by atomic mass is 32.1. The number of amidine groups is 1. The van der Waals surface area contributed by atoms with Crippen molar-refractivity contribution in [1.82, 2.24) is 20.0 Å². The molecule has 1 aromatic heterocycles. The van der Waals surface area contributed by atoms with Gasteiger partial charge in [-0.1, -0.05) is 24.6 Å². The van der Waals surface area contributed by atoms with E-state index < -0.39 is 0 Å². The number of likely N-dealkylation sites (tertiary alicyclic amines) is 1. The van der Waals surface area contributed by atoms with Crippen molar-refractivity contribution in [2.24, 2.45) is 0 Å². The maximum atomic E-state index is 9.01. The van der Waals surface area contributed by atoms with E-state index in [4.69, 9.17) is 31.5 Å². The van der Waals surface area contributed by atoms with Gasteiger partial charge in [-0.2, -0.15) is 0 Å². The van der Waals surface area contributed by atoms with Crippen molar-refractivity contribution in [3.8, 4) is 11.5 Å². The molecule has 9 nitrogen and oxygen atoms in total. The van der Waals surface area contributed by atoms with Gasteiger partial charge in [-0.15, -0.1) is 0 Å². The van der Waals surface area contributed by atoms with Crippen LogP contribution in [0.3, 0.4) is 0 Å². The molecule has 2 fully saturated rings. The molecule has 0 aliphatic carbocycles. The number of anilines is 1. The van der Waals surface area contributed by atoms with E-state index in [0.29, 0.717) is 43.6 Å². The highest BCUT2D eigenvalue weighted by molar-refractivity contribution is 7.80. The monoisotopic (exact) mass is 564 g/mol. The number of hydrogen-bond acceptors (Lipinski definition) is 7. The molecular weight excluding hydrogens is 524 g/mol. The van der Waals surface area contributed by atoms with E-state index >= 15 is 0 Å². The number of methoxy groups -OCH3 is 1. The molecule has 0 radical (unpaired) electrons. The fraction of sp³-hybridized carbons (Fsp3) is 0.467. The molecule has 0 amide bonds. The number of piperazine rings is 1. The standard InChI is InChI=1S/C30H40N6O3S/c1-32-25-19-28(38-17-16-34-10-6-3-7-11-34)27(37-2)18-24(25)29(31)35-12-14-36(15-13-35)30(40)33-20-22-21-39-26-9-5-4-8-23(22)26/h4-5,8-9,18-19,21,31-32H,3,6-7,10-17,20H2,1-2H3,(H,33,40). The van der Waals surface area contributed by atoms with Crippen molar-refractivity contribution in [3.63, 3.8) is 0 Å². The van der Waals surface area contributed by atoms with Gasteiger partial charge in [0.2, 0.25) is 0 Å². The second-order valence-electron chi connectivity index (χ2n) is 10.3. The molecule has 3 heterocycles. The number of hydrogen-bond donors (Lipinski definition) is 3. The summed E-state index contributed by atoms with van der Waals surface area (Å²) in [5, 5.41) is 17.5. The van der Waals surface area contributed by atoms with Crippen molar-refractivity contribution in [2.75, 3.05) is 71.9 Å². The van der Waals surface area contributed by atoms with E-state index in [1.165, 1.54) is 19.3 Å². The SMILES string of the molecule is CNc1cc(OCCN2CCCCC2)c(OC)cc1C(=N)N1CCN(C(=S)NCc2coc3ccccc23)CC1. The molecule has 0 bridgehead atoms. The molecular formula is C30H40N6O3S. The van der Waals surface area contributed by atoms with E-state index in [1.54, 1.807) is 13.4 Å². The smallest absolute Gasteiger partial charge is 0.169 e. The van der Waals surface area contributed by atoms with Gasteiger partial charge in [-0.05, 0) is 50.3 Å². The fourth-order valence-corrected chi connectivity index (χ4v) is 5.71. The van der Waals surface area contributed by atoms with Crippen LogP contribution in [0, 0.1) is 5.41 Å². The van der Waals surface area contributed by atoms with E-state index in [1.807, 2.05) is 37.4 Å². The van der Waals surface area contributed by atoms with Crippen LogP contribution in [-0.2, 0) is 6.54 Å². The normalized spacial score (nSPS) is 16.1. The molecule has 2 aromatic carbocycles. The molecule has 10 heteroatoms. The Hall–Kier alpha value is -3.50. The van der Waals surface area contributed by atoms with Crippen molar-refractivity contribution in [3.05, 3.63) is 53.8 Å². The average Bonchev–Trinajstić information content (AvgIpc) is 3.43. The molecule has 5 rings (SSSR count). The number of piperidine rings is 1. The third kappa shape index (κ3) is 6.45. The number of furan rings is 1. The Morgan fingerprint density at radius 2 is 1.75 bits per heavy atom. The Bertz CT molecular complexity index is 1310. The third-order valence-electron chi connectivity index (χ3n) is 7.82. The number of nitrogens with one attached hydrogen (secondary N) is 3. The zero-order valence-electron chi connectivity index (χ0n) is 23.5. The summed E-state index contributed by atoms with van der Waals surface area (Å²) in [6.07, 6.45) is 5.65. The molecule has 2 saturated heterocycles. The Balaban J connectivity index is 1.15. The summed E-state index contributed by atoms with van der Waals surface area (Å²) in [6, 6.07) is 11.9. The van der Waals surface area contributed by atoms with Gasteiger partial charge in [0.05, 0.1) is 13.4 Å². The van der Waals surface area contributed by atoms with Crippen LogP contribution in [0.4, 0.5) is 5.69 Å². The van der Waals surface area contributed by atoms with Crippen LogP contribution in [-0.4, -0.2) is 92.2 Å². The number of nitrogens with zero attached hydrogens (tertiary/aromatic N) is 3. The average molecular weight is 565 g/mol. The van der Waals surface area contributed by atoms with Gasteiger partial charge in [0.15, 0.2) is 16.6 Å². The number of ether oxygens (including phenoxy) is 2. The van der Waals surface area contributed by atoms with Gasteiger partial charge < -0.3 is 34.3 Å². The minimum Gasteiger partial charge on any atom is -0.493 e. The quantitative estimate of drug-likeness (QED) is 0.199. The predicted octanol–water partition coefficient (Wildman–Crippen LogP) is 4.37. The van der Waals surface area contributed by atoms with Crippen LogP contribution in [0.25, 0.3) is 11.0 Å². The first-order valence-corrected chi connectivity index (χ1v) is 14.5. The second-order valence-corrected chi connectivity index (χ2v) is 10.7. The van der Waals surface area contributed by atoms with Gasteiger partial charge in [-0.25, -0.2) is 0 Å². The lowest BCUT2D eigenvalue weighted by atomic mass is 10.1. The maximum absolute atomic E-state index is 9.01. The number of para-hydroxylation sites is 1. The first kappa shape index (κ1) is 28.0. The molecule has 2 aliphatic heterocycles. The predicted molar refractivity (Wildman–Crippen MR) is 164 cm³/mol. The van der Waals surface area contributed by atoms with E-state index in [9.17, 15) is 0 Å². The molecule has 0 spiro atoms. The Morgan fingerprint density at radius 1 is 1.00 bits per heavy atom. The highest BCUT2D eigenvalue weighted by Crippen LogP contribution is 2.34. The summed E-state index contributed by atoms with van der Waals surface area (Å²) in [5.74, 6) is 1.81. The molecule has 3 N–H and O–H groups in total. The third-order valence-corrected chi connectivity index (χ3v) is 8.22. The van der Waals surface area contributed by atoms with Gasteiger partial charge in [-0.3, -0.25) is 10.3 Å². The van der Waals surface area contributed by atoms with E-state index in [-0.39, 0.29) is 0 Å². The van der Waals surface area contributed by atoms with Crippen LogP contribution in [0.1, 0.15) is 30.4 Å². The zero-order valence-corrected chi connectivity index (χ0v) is 24.3. The summed E-state index contributed by atoms with van der Waals surface area (Å²) in [4.78, 5) is 6.72. The molecule has 2 aliphatic rings. The van der Waals surface area contributed by atoms with Crippen LogP contribution in [0.2, 0.25) is 0 Å². The summed E-state index contributed by atoms with van der Waals surface area (Å²) < 4.78 is 17.5. The summed E-state index contributed by atoms with van der Waals surface area (Å²) in [7, 11) is 3.53. The fourth-order valence-electron chi connectivity index (χ4n) is 5.46. The molecule has 40 heavy (non-hydrogen) atoms. The van der Waals surface area contributed by atoms with Crippen molar-refractivity contribution in [1.29, 1.82) is 5.41 Å². The van der Waals surface area contributed by atoms with Gasteiger partial charge in [0, 0.05) is 74.6 Å². The largest absolute Gasteiger partial charge is 0.493 e. The molecule has 3 aromatic rings. The lowest BCUT2D eigenvalue weighted by molar-refractivity contribution is 0.180. The Labute approximate surface area is 241 Å². The summed E-state index contributed by atoms with van der Waals surface area (Å²) in [6.45, 7) is 7.32. The Kier molecular flexibility index (Phi) is 9.28. The highest BCUT2D eigenvalue weighted by Gasteiger charge is 2.24. The van der Waals surface area contributed by atoms with Crippen molar-refractivity contribution in [2.45, 2.75) is 25.8 Å². The van der Waals surface area contributed by atoms with Gasteiger partial charge in [0.1, 0.15) is 18.0 Å². The zero-order chi connectivity index (χ0) is 27.9. The van der Waals surface area contributed by atoms with Gasteiger partial charge >= 0.3 is 0 Å². The molecule has 0 unspecified atom stereocenters. The maximum Gasteiger partial charge on any atom is 0.169 e. The van der Waals surface area contributed by atoms with E-state index in [0.717, 1.165) is 65.6 Å². The lowest BCUT2D eigenvalue weighted by Crippen LogP contribution is -2.53.